The lowest BCUT2D eigenvalue weighted by molar-refractivity contribution is -0.116. The molecule has 0 radical (unpaired) electrons. The minimum Gasteiger partial charge on any atom is -0.353 e. The Balaban J connectivity index is 1.29. The van der Waals surface area contributed by atoms with Crippen LogP contribution in [0.5, 0.6) is 0 Å². The molecular formula is C26H30Cl2F2N4O2. The number of hydrogen-bond donors (Lipinski definition) is 2. The van der Waals surface area contributed by atoms with Crippen molar-refractivity contribution in [2.24, 2.45) is 0 Å². The largest absolute Gasteiger partial charge is 0.353 e. The fraction of sp³-hybridized carbons (Fsp3) is 0.385. The Hall–Kier alpha value is -2.68. The number of benzene rings is 2. The third kappa shape index (κ3) is 9.41. The second kappa shape index (κ2) is 14.2. The smallest absolute Gasteiger partial charge is 0.321 e. The van der Waals surface area contributed by atoms with Crippen LogP contribution in [0.1, 0.15) is 31.2 Å². The van der Waals surface area contributed by atoms with Crippen molar-refractivity contribution in [1.82, 2.24) is 15.1 Å². The number of amides is 3. The van der Waals surface area contributed by atoms with Crippen molar-refractivity contribution in [2.45, 2.75) is 25.7 Å². The minimum atomic E-state index is -0.730. The van der Waals surface area contributed by atoms with Crippen molar-refractivity contribution >= 4 is 46.9 Å². The molecule has 3 amide bonds. The maximum absolute atomic E-state index is 13.4. The van der Waals surface area contributed by atoms with Gasteiger partial charge in [-0.1, -0.05) is 35.7 Å². The molecule has 0 bridgehead atoms. The van der Waals surface area contributed by atoms with Gasteiger partial charge in [-0.05, 0) is 68.3 Å². The zero-order chi connectivity index (χ0) is 25.9. The number of carbonyl (C=O) groups is 2. The number of nitrogens with zero attached hydrogens (tertiary/aromatic N) is 2. The number of unbranched alkanes of at least 4 members (excludes halogenated alkanes) is 2. The highest BCUT2D eigenvalue weighted by Gasteiger charge is 2.19. The topological polar surface area (TPSA) is 64.7 Å². The summed E-state index contributed by atoms with van der Waals surface area (Å²) in [4.78, 5) is 28.5. The number of urea groups is 1. The van der Waals surface area contributed by atoms with Crippen LogP contribution in [0.2, 0.25) is 10.0 Å². The molecule has 0 saturated carbocycles. The third-order valence-electron chi connectivity index (χ3n) is 5.81. The zero-order valence-electron chi connectivity index (χ0n) is 19.9. The monoisotopic (exact) mass is 538 g/mol. The fourth-order valence-corrected chi connectivity index (χ4v) is 4.23. The van der Waals surface area contributed by atoms with E-state index in [-0.39, 0.29) is 17.6 Å². The van der Waals surface area contributed by atoms with E-state index in [9.17, 15) is 18.4 Å². The molecule has 6 nitrogen and oxygen atoms in total. The first kappa shape index (κ1) is 27.9. The average molecular weight is 539 g/mol. The van der Waals surface area contributed by atoms with Crippen LogP contribution in [-0.4, -0.2) is 61.0 Å². The molecule has 0 atom stereocenters. The van der Waals surface area contributed by atoms with Crippen LogP contribution >= 0.6 is 23.2 Å². The Bertz CT molecular complexity index is 1060. The Labute approximate surface area is 220 Å². The molecule has 194 valence electrons. The van der Waals surface area contributed by atoms with E-state index in [4.69, 9.17) is 23.2 Å². The number of nitrogens with one attached hydrogen (secondary N) is 2. The molecule has 0 aromatic heterocycles. The maximum Gasteiger partial charge on any atom is 0.321 e. The van der Waals surface area contributed by atoms with Crippen LogP contribution in [0.15, 0.2) is 42.5 Å². The first-order valence-corrected chi connectivity index (χ1v) is 12.7. The summed E-state index contributed by atoms with van der Waals surface area (Å²) in [5.41, 5.74) is 0.909. The summed E-state index contributed by atoms with van der Waals surface area (Å²) in [5, 5.41) is 6.36. The van der Waals surface area contributed by atoms with Gasteiger partial charge in [-0.15, -0.1) is 0 Å². The van der Waals surface area contributed by atoms with Crippen LogP contribution in [0.25, 0.3) is 6.08 Å². The SMILES string of the molecule is O=C(/C=C/c1ccc(Cl)c(Cl)c1)NCCCCCN1CCCN(C(=O)Nc2cc(F)cc(F)c2)CC1. The van der Waals surface area contributed by atoms with Gasteiger partial charge in [0.2, 0.25) is 5.91 Å². The molecule has 0 spiro atoms. The van der Waals surface area contributed by atoms with E-state index in [2.05, 4.69) is 15.5 Å². The first-order valence-electron chi connectivity index (χ1n) is 12.0. The third-order valence-corrected chi connectivity index (χ3v) is 6.55. The molecule has 1 fully saturated rings. The Morgan fingerprint density at radius 2 is 1.69 bits per heavy atom. The van der Waals surface area contributed by atoms with Crippen LogP contribution in [0.4, 0.5) is 19.3 Å². The molecule has 2 N–H and O–H groups in total. The van der Waals surface area contributed by atoms with Gasteiger partial charge in [-0.25, -0.2) is 13.6 Å². The van der Waals surface area contributed by atoms with Gasteiger partial charge in [0.05, 0.1) is 10.0 Å². The van der Waals surface area contributed by atoms with E-state index in [1.165, 1.54) is 6.08 Å². The summed E-state index contributed by atoms with van der Waals surface area (Å²) in [6.07, 6.45) is 6.83. The number of hydrogen-bond acceptors (Lipinski definition) is 3. The average Bonchev–Trinajstić information content (AvgIpc) is 3.07. The van der Waals surface area contributed by atoms with Crippen molar-refractivity contribution < 1.29 is 18.4 Å². The summed E-state index contributed by atoms with van der Waals surface area (Å²) in [6, 6.07) is 7.79. The number of carbonyl (C=O) groups excluding carboxylic acids is 2. The number of rotatable bonds is 9. The molecule has 1 saturated heterocycles. The molecule has 1 aliphatic rings. The van der Waals surface area contributed by atoms with E-state index in [1.54, 1.807) is 29.2 Å². The highest BCUT2D eigenvalue weighted by molar-refractivity contribution is 6.42. The van der Waals surface area contributed by atoms with E-state index >= 15 is 0 Å². The second-order valence-corrected chi connectivity index (χ2v) is 9.44. The number of halogens is 4. The Morgan fingerprint density at radius 3 is 2.44 bits per heavy atom. The van der Waals surface area contributed by atoms with Crippen LogP contribution in [0.3, 0.4) is 0 Å². The summed E-state index contributed by atoms with van der Waals surface area (Å²) in [6.45, 7) is 4.26. The van der Waals surface area contributed by atoms with Gasteiger partial charge in [0.15, 0.2) is 0 Å². The van der Waals surface area contributed by atoms with Crippen LogP contribution < -0.4 is 10.6 Å². The van der Waals surface area contributed by atoms with Crippen molar-refractivity contribution in [3.63, 3.8) is 0 Å². The van der Waals surface area contributed by atoms with Crippen molar-refractivity contribution in [2.75, 3.05) is 44.6 Å². The molecular weight excluding hydrogens is 509 g/mol. The normalized spacial score (nSPS) is 14.6. The van der Waals surface area contributed by atoms with E-state index in [1.807, 2.05) is 0 Å². The van der Waals surface area contributed by atoms with Crippen LogP contribution in [-0.2, 0) is 4.79 Å². The first-order chi connectivity index (χ1) is 17.3. The van der Waals surface area contributed by atoms with Gasteiger partial charge in [-0.2, -0.15) is 0 Å². The van der Waals surface area contributed by atoms with Crippen molar-refractivity contribution in [1.29, 1.82) is 0 Å². The summed E-state index contributed by atoms with van der Waals surface area (Å²) in [7, 11) is 0. The van der Waals surface area contributed by atoms with Crippen molar-refractivity contribution in [3.8, 4) is 0 Å². The lowest BCUT2D eigenvalue weighted by Gasteiger charge is -2.22. The van der Waals surface area contributed by atoms with Gasteiger partial charge in [0, 0.05) is 44.0 Å². The zero-order valence-corrected chi connectivity index (χ0v) is 21.4. The maximum atomic E-state index is 13.4. The van der Waals surface area contributed by atoms with E-state index in [0.29, 0.717) is 29.7 Å². The lowest BCUT2D eigenvalue weighted by Crippen LogP contribution is -2.38. The highest BCUT2D eigenvalue weighted by Crippen LogP contribution is 2.23. The molecule has 1 aliphatic heterocycles. The summed E-state index contributed by atoms with van der Waals surface area (Å²) >= 11 is 11.9. The van der Waals surface area contributed by atoms with Gasteiger partial charge in [-0.3, -0.25) is 4.79 Å². The van der Waals surface area contributed by atoms with E-state index < -0.39 is 11.6 Å². The molecule has 0 unspecified atom stereocenters. The molecule has 2 aromatic rings. The standard InChI is InChI=1S/C26H30Cl2F2N4O2/c27-23-7-5-19(15-24(23)28)6-8-25(35)31-9-2-1-3-10-33-11-4-12-34(14-13-33)26(36)32-22-17-20(29)16-21(30)18-22/h5-8,15-18H,1-4,9-14H2,(H,31,35)(H,32,36)/b8-6+. The summed E-state index contributed by atoms with van der Waals surface area (Å²) < 4.78 is 26.7. The quantitative estimate of drug-likeness (QED) is 0.312. The minimum absolute atomic E-state index is 0.107. The Kier molecular flexibility index (Phi) is 11.0. The molecule has 2 aromatic carbocycles. The van der Waals surface area contributed by atoms with Gasteiger partial charge < -0.3 is 20.4 Å². The molecule has 1 heterocycles. The predicted octanol–water partition coefficient (Wildman–Crippen LogP) is 5.81. The van der Waals surface area contributed by atoms with Crippen LogP contribution in [0, 0.1) is 11.6 Å². The molecule has 0 aliphatic carbocycles. The lowest BCUT2D eigenvalue weighted by atomic mass is 10.2. The summed E-state index contributed by atoms with van der Waals surface area (Å²) in [5.74, 6) is -1.62. The second-order valence-electron chi connectivity index (χ2n) is 8.63. The molecule has 3 rings (SSSR count). The number of anilines is 1. The van der Waals surface area contributed by atoms with Gasteiger partial charge >= 0.3 is 6.03 Å². The molecule has 10 heteroatoms. The predicted molar refractivity (Wildman–Crippen MR) is 140 cm³/mol. The van der Waals surface area contributed by atoms with Crippen molar-refractivity contribution in [3.05, 3.63) is 69.7 Å². The fourth-order valence-electron chi connectivity index (χ4n) is 3.92. The highest BCUT2D eigenvalue weighted by atomic mass is 35.5. The van der Waals surface area contributed by atoms with Gasteiger partial charge in [0.1, 0.15) is 11.6 Å². The van der Waals surface area contributed by atoms with Gasteiger partial charge in [0.25, 0.3) is 0 Å². The molecule has 36 heavy (non-hydrogen) atoms. The Morgan fingerprint density at radius 1 is 0.917 bits per heavy atom. The van der Waals surface area contributed by atoms with E-state index in [0.717, 1.165) is 69.1 Å².